The van der Waals surface area contributed by atoms with Crippen LogP contribution in [-0.2, 0) is 19.4 Å². The van der Waals surface area contributed by atoms with E-state index in [1.54, 1.807) is 0 Å². The van der Waals surface area contributed by atoms with Gasteiger partial charge in [-0.15, -0.1) is 0 Å². The Labute approximate surface area is 147 Å². The van der Waals surface area contributed by atoms with Crippen LogP contribution < -0.4 is 4.74 Å². The lowest BCUT2D eigenvalue weighted by Gasteiger charge is -2.08. The lowest BCUT2D eigenvalue weighted by atomic mass is 10.0. The van der Waals surface area contributed by atoms with E-state index in [4.69, 9.17) is 10.3 Å². The van der Waals surface area contributed by atoms with Crippen molar-refractivity contribution in [3.63, 3.8) is 0 Å². The predicted octanol–water partition coefficient (Wildman–Crippen LogP) is 5.99. The summed E-state index contributed by atoms with van der Waals surface area (Å²) in [7, 11) is 0. The fourth-order valence-corrected chi connectivity index (χ4v) is 2.60. The van der Waals surface area contributed by atoms with Crippen molar-refractivity contribution >= 4 is 5.69 Å². The Morgan fingerprint density at radius 3 is 2.24 bits per heavy atom. The van der Waals surface area contributed by atoms with Gasteiger partial charge in [-0.2, -0.15) is 0 Å². The van der Waals surface area contributed by atoms with E-state index in [1.165, 1.54) is 11.1 Å². The lowest BCUT2D eigenvalue weighted by Crippen LogP contribution is -1.96. The summed E-state index contributed by atoms with van der Waals surface area (Å²) in [4.78, 5) is 2.79. The Hall–Kier alpha value is -3.23. The van der Waals surface area contributed by atoms with E-state index in [2.05, 4.69) is 34.3 Å². The van der Waals surface area contributed by atoms with Gasteiger partial charge in [0, 0.05) is 10.6 Å². The number of aryl methyl sites for hydroxylation is 2. The largest absolute Gasteiger partial charge is 0.489 e. The van der Waals surface area contributed by atoms with Gasteiger partial charge in [0.25, 0.3) is 0 Å². The Balaban J connectivity index is 1.57. The maximum absolute atomic E-state index is 8.43. The molecule has 0 aromatic heterocycles. The minimum Gasteiger partial charge on any atom is -0.489 e. The first-order chi connectivity index (χ1) is 12.3. The molecule has 0 amide bonds. The van der Waals surface area contributed by atoms with Gasteiger partial charge in [0.2, 0.25) is 0 Å². The third-order valence-corrected chi connectivity index (χ3v) is 3.95. The summed E-state index contributed by atoms with van der Waals surface area (Å²) in [6.07, 6.45) is 1.86. The molecule has 0 aliphatic heterocycles. The van der Waals surface area contributed by atoms with E-state index >= 15 is 0 Å². The van der Waals surface area contributed by atoms with Crippen LogP contribution in [0.5, 0.6) is 5.75 Å². The predicted molar refractivity (Wildman–Crippen MR) is 99.9 cm³/mol. The average molecular weight is 329 g/mol. The van der Waals surface area contributed by atoms with Gasteiger partial charge in [-0.1, -0.05) is 71.8 Å². The van der Waals surface area contributed by atoms with Crippen molar-refractivity contribution in [2.45, 2.75) is 19.4 Å². The maximum atomic E-state index is 8.43. The summed E-state index contributed by atoms with van der Waals surface area (Å²) >= 11 is 0. The number of nitrogens with zero attached hydrogens (tertiary/aromatic N) is 3. The minimum atomic E-state index is 0.575. The van der Waals surface area contributed by atoms with Crippen LogP contribution in [0.15, 0.2) is 84.0 Å². The average Bonchev–Trinajstić information content (AvgIpc) is 2.67. The first-order valence-corrected chi connectivity index (χ1v) is 8.23. The standard InChI is InChI=1S/C21H19N3O/c22-24-23-20-13-11-17(12-14-20)9-10-18-7-4-8-21(15-18)25-16-19-5-2-1-3-6-19/h1-8,11-15H,9-10,16H2. The molecule has 0 radical (unpaired) electrons. The molecule has 0 fully saturated rings. The second kappa shape index (κ2) is 8.57. The van der Waals surface area contributed by atoms with Crippen LogP contribution in [0.25, 0.3) is 10.4 Å². The molecule has 0 spiro atoms. The van der Waals surface area contributed by atoms with Gasteiger partial charge in [0.15, 0.2) is 0 Å². The molecule has 0 heterocycles. The lowest BCUT2D eigenvalue weighted by molar-refractivity contribution is 0.306. The van der Waals surface area contributed by atoms with E-state index in [0.717, 1.165) is 24.2 Å². The highest BCUT2D eigenvalue weighted by molar-refractivity contribution is 5.39. The zero-order chi connectivity index (χ0) is 17.3. The van der Waals surface area contributed by atoms with Crippen molar-refractivity contribution in [1.29, 1.82) is 0 Å². The quantitative estimate of drug-likeness (QED) is 0.298. The molecule has 0 aliphatic carbocycles. The van der Waals surface area contributed by atoms with E-state index in [-0.39, 0.29) is 0 Å². The maximum Gasteiger partial charge on any atom is 0.120 e. The van der Waals surface area contributed by atoms with Gasteiger partial charge in [0.1, 0.15) is 12.4 Å². The highest BCUT2D eigenvalue weighted by Gasteiger charge is 2.00. The number of hydrogen-bond donors (Lipinski definition) is 0. The molecule has 124 valence electrons. The van der Waals surface area contributed by atoms with Crippen LogP contribution in [0, 0.1) is 0 Å². The highest BCUT2D eigenvalue weighted by atomic mass is 16.5. The molecule has 3 aromatic rings. The van der Waals surface area contributed by atoms with Crippen LogP contribution >= 0.6 is 0 Å². The van der Waals surface area contributed by atoms with Crippen LogP contribution in [0.3, 0.4) is 0 Å². The summed E-state index contributed by atoms with van der Waals surface area (Å²) in [5.41, 5.74) is 12.7. The van der Waals surface area contributed by atoms with Crippen molar-refractivity contribution < 1.29 is 4.74 Å². The minimum absolute atomic E-state index is 0.575. The second-order valence-corrected chi connectivity index (χ2v) is 5.78. The molecule has 0 aliphatic rings. The smallest absolute Gasteiger partial charge is 0.120 e. The summed E-state index contributed by atoms with van der Waals surface area (Å²) in [5, 5.41) is 3.59. The monoisotopic (exact) mass is 329 g/mol. The van der Waals surface area contributed by atoms with Crippen molar-refractivity contribution in [3.8, 4) is 5.75 Å². The molecular weight excluding hydrogens is 310 g/mol. The van der Waals surface area contributed by atoms with Gasteiger partial charge < -0.3 is 4.74 Å². The Morgan fingerprint density at radius 1 is 0.760 bits per heavy atom. The van der Waals surface area contributed by atoms with E-state index in [9.17, 15) is 0 Å². The van der Waals surface area contributed by atoms with Crippen LogP contribution in [-0.4, -0.2) is 0 Å². The molecule has 0 saturated heterocycles. The normalized spacial score (nSPS) is 10.1. The molecule has 25 heavy (non-hydrogen) atoms. The first kappa shape index (κ1) is 16.6. The SMILES string of the molecule is [N-]=[N+]=Nc1ccc(CCc2cccc(OCc3ccccc3)c2)cc1. The fourth-order valence-electron chi connectivity index (χ4n) is 2.60. The molecule has 3 rings (SSSR count). The molecule has 4 heteroatoms. The summed E-state index contributed by atoms with van der Waals surface area (Å²) in [6, 6.07) is 26.1. The topological polar surface area (TPSA) is 58.0 Å². The Morgan fingerprint density at radius 2 is 1.48 bits per heavy atom. The highest BCUT2D eigenvalue weighted by Crippen LogP contribution is 2.18. The third kappa shape index (κ3) is 5.13. The van der Waals surface area contributed by atoms with Gasteiger partial charge in [0.05, 0.1) is 0 Å². The van der Waals surface area contributed by atoms with Crippen molar-refractivity contribution in [2.24, 2.45) is 5.11 Å². The Kier molecular flexibility index (Phi) is 5.70. The molecule has 0 unspecified atom stereocenters. The zero-order valence-corrected chi connectivity index (χ0v) is 13.9. The van der Waals surface area contributed by atoms with Gasteiger partial charge >= 0.3 is 0 Å². The zero-order valence-electron chi connectivity index (χ0n) is 13.9. The van der Waals surface area contributed by atoms with Crippen molar-refractivity contribution in [3.05, 3.63) is 106 Å². The Bertz CT molecular complexity index is 854. The van der Waals surface area contributed by atoms with Crippen molar-refractivity contribution in [1.82, 2.24) is 0 Å². The summed E-state index contributed by atoms with van der Waals surface area (Å²) < 4.78 is 5.88. The first-order valence-electron chi connectivity index (χ1n) is 8.23. The van der Waals surface area contributed by atoms with Gasteiger partial charge in [-0.25, -0.2) is 0 Å². The molecule has 0 saturated carbocycles. The molecule has 0 N–H and O–H groups in total. The summed E-state index contributed by atoms with van der Waals surface area (Å²) in [6.45, 7) is 0.575. The van der Waals surface area contributed by atoms with Crippen LogP contribution in [0.4, 0.5) is 5.69 Å². The van der Waals surface area contributed by atoms with E-state index in [1.807, 2.05) is 54.6 Å². The number of ether oxygens (including phenoxy) is 1. The molecule has 4 nitrogen and oxygen atoms in total. The number of rotatable bonds is 7. The van der Waals surface area contributed by atoms with Crippen LogP contribution in [0.2, 0.25) is 0 Å². The third-order valence-electron chi connectivity index (χ3n) is 3.95. The van der Waals surface area contributed by atoms with Gasteiger partial charge in [-0.3, -0.25) is 0 Å². The van der Waals surface area contributed by atoms with E-state index < -0.39 is 0 Å². The van der Waals surface area contributed by atoms with E-state index in [0.29, 0.717) is 12.3 Å². The van der Waals surface area contributed by atoms with Crippen molar-refractivity contribution in [2.75, 3.05) is 0 Å². The number of azide groups is 1. The molecule has 3 aromatic carbocycles. The second-order valence-electron chi connectivity index (χ2n) is 5.78. The molecule has 0 atom stereocenters. The fraction of sp³-hybridized carbons (Fsp3) is 0.143. The van der Waals surface area contributed by atoms with Crippen LogP contribution in [0.1, 0.15) is 16.7 Å². The van der Waals surface area contributed by atoms with Gasteiger partial charge in [-0.05, 0) is 47.2 Å². The number of benzene rings is 3. The molecular formula is C21H19N3O. The summed E-state index contributed by atoms with van der Waals surface area (Å²) in [5.74, 6) is 0.889. The number of hydrogen-bond acceptors (Lipinski definition) is 2. The molecule has 0 bridgehead atoms.